The number of halogens is 1. The van der Waals surface area contributed by atoms with E-state index in [4.69, 9.17) is 0 Å². The highest BCUT2D eigenvalue weighted by molar-refractivity contribution is 5.89. The molecule has 3 rings (SSSR count). The largest absolute Gasteiger partial charge is 0.367 e. The van der Waals surface area contributed by atoms with Crippen molar-refractivity contribution in [2.45, 2.75) is 0 Å². The van der Waals surface area contributed by atoms with Gasteiger partial charge in [0.05, 0.1) is 5.69 Å². The highest BCUT2D eigenvalue weighted by atomic mass is 19.1. The Labute approximate surface area is 155 Å². The first-order valence-electron chi connectivity index (χ1n) is 8.25. The van der Waals surface area contributed by atoms with Crippen LogP contribution < -0.4 is 21.3 Å². The average Bonchev–Trinajstić information content (AvgIpc) is 2.69. The van der Waals surface area contributed by atoms with Crippen molar-refractivity contribution >= 4 is 29.0 Å². The van der Waals surface area contributed by atoms with E-state index in [1.807, 2.05) is 12.1 Å². The molecule has 0 aliphatic rings. The van der Waals surface area contributed by atoms with Gasteiger partial charge in [-0.1, -0.05) is 12.1 Å². The van der Waals surface area contributed by atoms with E-state index in [2.05, 4.69) is 36.4 Å². The molecule has 1 aromatic carbocycles. The lowest BCUT2D eigenvalue weighted by Gasteiger charge is -2.09. The SMILES string of the molecule is O=C(NCCNc1ccc(Nc2ccncc2)nn1)Nc1ccccc1F. The van der Waals surface area contributed by atoms with Crippen LogP contribution in [0, 0.1) is 5.82 Å². The summed E-state index contributed by atoms with van der Waals surface area (Å²) in [5.41, 5.74) is 0.996. The summed E-state index contributed by atoms with van der Waals surface area (Å²) < 4.78 is 13.5. The molecule has 4 N–H and O–H groups in total. The summed E-state index contributed by atoms with van der Waals surface area (Å²) in [4.78, 5) is 15.7. The van der Waals surface area contributed by atoms with Crippen molar-refractivity contribution in [3.8, 4) is 0 Å². The Morgan fingerprint density at radius 3 is 2.41 bits per heavy atom. The zero-order valence-corrected chi connectivity index (χ0v) is 14.3. The molecule has 0 saturated heterocycles. The summed E-state index contributed by atoms with van der Waals surface area (Å²) in [7, 11) is 0. The van der Waals surface area contributed by atoms with Gasteiger partial charge in [0.2, 0.25) is 0 Å². The molecular weight excluding hydrogens is 349 g/mol. The third kappa shape index (κ3) is 5.63. The number of anilines is 4. The molecule has 0 aliphatic heterocycles. The fourth-order valence-electron chi connectivity index (χ4n) is 2.17. The fraction of sp³-hybridized carbons (Fsp3) is 0.111. The maximum absolute atomic E-state index is 13.5. The molecule has 2 aromatic heterocycles. The highest BCUT2D eigenvalue weighted by Gasteiger charge is 2.05. The molecule has 2 amide bonds. The van der Waals surface area contributed by atoms with Gasteiger partial charge >= 0.3 is 6.03 Å². The Morgan fingerprint density at radius 2 is 1.67 bits per heavy atom. The Hall–Kier alpha value is -3.75. The molecule has 0 unspecified atom stereocenters. The van der Waals surface area contributed by atoms with Crippen LogP contribution in [0.1, 0.15) is 0 Å². The number of amides is 2. The number of benzene rings is 1. The van der Waals surface area contributed by atoms with Crippen LogP contribution >= 0.6 is 0 Å². The van der Waals surface area contributed by atoms with Gasteiger partial charge in [0.1, 0.15) is 11.6 Å². The number of para-hydroxylation sites is 1. The summed E-state index contributed by atoms with van der Waals surface area (Å²) in [5, 5.41) is 19.3. The molecule has 0 radical (unpaired) electrons. The fourth-order valence-corrected chi connectivity index (χ4v) is 2.17. The number of carbonyl (C=O) groups excluding carboxylic acids is 1. The van der Waals surface area contributed by atoms with E-state index < -0.39 is 11.8 Å². The summed E-state index contributed by atoms with van der Waals surface area (Å²) in [6, 6.07) is 12.7. The van der Waals surface area contributed by atoms with Crippen LogP contribution in [0.3, 0.4) is 0 Å². The van der Waals surface area contributed by atoms with Crippen molar-refractivity contribution in [1.29, 1.82) is 0 Å². The molecule has 138 valence electrons. The summed E-state index contributed by atoms with van der Waals surface area (Å²) in [5.74, 6) is 0.697. The lowest BCUT2D eigenvalue weighted by atomic mass is 10.3. The Morgan fingerprint density at radius 1 is 0.926 bits per heavy atom. The monoisotopic (exact) mass is 367 g/mol. The van der Waals surface area contributed by atoms with Gasteiger partial charge in [0.25, 0.3) is 0 Å². The lowest BCUT2D eigenvalue weighted by Crippen LogP contribution is -2.33. The molecular formula is C18H18FN7O. The van der Waals surface area contributed by atoms with Gasteiger partial charge in [-0.2, -0.15) is 0 Å². The van der Waals surface area contributed by atoms with E-state index in [0.717, 1.165) is 5.69 Å². The van der Waals surface area contributed by atoms with Crippen LogP contribution in [-0.4, -0.2) is 34.3 Å². The van der Waals surface area contributed by atoms with E-state index in [9.17, 15) is 9.18 Å². The van der Waals surface area contributed by atoms with E-state index in [-0.39, 0.29) is 5.69 Å². The molecule has 9 heteroatoms. The van der Waals surface area contributed by atoms with Gasteiger partial charge < -0.3 is 21.3 Å². The van der Waals surface area contributed by atoms with Crippen LogP contribution in [0.5, 0.6) is 0 Å². The van der Waals surface area contributed by atoms with Crippen molar-refractivity contribution in [3.05, 3.63) is 66.7 Å². The minimum absolute atomic E-state index is 0.131. The number of urea groups is 1. The van der Waals surface area contributed by atoms with Crippen molar-refractivity contribution in [2.75, 3.05) is 29.0 Å². The first-order chi connectivity index (χ1) is 13.2. The number of rotatable bonds is 7. The predicted octanol–water partition coefficient (Wildman–Crippen LogP) is 2.99. The zero-order valence-electron chi connectivity index (χ0n) is 14.3. The zero-order chi connectivity index (χ0) is 18.9. The van der Waals surface area contributed by atoms with Crippen molar-refractivity contribution in [1.82, 2.24) is 20.5 Å². The second-order valence-electron chi connectivity index (χ2n) is 5.45. The van der Waals surface area contributed by atoms with Crippen LogP contribution in [0.15, 0.2) is 60.9 Å². The van der Waals surface area contributed by atoms with Crippen molar-refractivity contribution in [2.24, 2.45) is 0 Å². The van der Waals surface area contributed by atoms with E-state index in [1.165, 1.54) is 12.1 Å². The predicted molar refractivity (Wildman–Crippen MR) is 101 cm³/mol. The van der Waals surface area contributed by atoms with E-state index in [1.54, 1.807) is 36.7 Å². The molecule has 0 atom stereocenters. The third-order valence-corrected chi connectivity index (χ3v) is 3.46. The summed E-state index contributed by atoms with van der Waals surface area (Å²) in [6.45, 7) is 0.773. The molecule has 0 aliphatic carbocycles. The molecule has 3 aromatic rings. The topological polar surface area (TPSA) is 104 Å². The smallest absolute Gasteiger partial charge is 0.319 e. The number of aromatic nitrogens is 3. The molecule has 0 saturated carbocycles. The highest BCUT2D eigenvalue weighted by Crippen LogP contribution is 2.13. The normalized spacial score (nSPS) is 10.1. The first-order valence-corrected chi connectivity index (χ1v) is 8.25. The molecule has 27 heavy (non-hydrogen) atoms. The maximum Gasteiger partial charge on any atom is 0.319 e. The standard InChI is InChI=1S/C18H18FN7O/c19-14-3-1-2-4-15(14)24-18(27)22-12-11-21-16-5-6-17(26-25-16)23-13-7-9-20-10-8-13/h1-10H,11-12H2,(H,21,25)(H,20,23,26)(H2,22,24,27). The number of nitrogens with one attached hydrogen (secondary N) is 4. The van der Waals surface area contributed by atoms with Gasteiger partial charge in [0, 0.05) is 31.2 Å². The second-order valence-corrected chi connectivity index (χ2v) is 5.45. The van der Waals surface area contributed by atoms with Crippen LogP contribution in [0.4, 0.5) is 32.2 Å². The van der Waals surface area contributed by atoms with Gasteiger partial charge in [-0.25, -0.2) is 9.18 Å². The molecule has 2 heterocycles. The minimum atomic E-state index is -0.485. The van der Waals surface area contributed by atoms with Gasteiger partial charge in [-0.15, -0.1) is 10.2 Å². The summed E-state index contributed by atoms with van der Waals surface area (Å²) in [6.07, 6.45) is 3.36. The third-order valence-electron chi connectivity index (χ3n) is 3.46. The van der Waals surface area contributed by atoms with Crippen LogP contribution in [0.25, 0.3) is 0 Å². The van der Waals surface area contributed by atoms with Gasteiger partial charge in [0.15, 0.2) is 5.82 Å². The molecule has 0 fully saturated rings. The van der Waals surface area contributed by atoms with Gasteiger partial charge in [-0.05, 0) is 36.4 Å². The number of hydrogen-bond donors (Lipinski definition) is 4. The average molecular weight is 367 g/mol. The van der Waals surface area contributed by atoms with Crippen LogP contribution in [0.2, 0.25) is 0 Å². The van der Waals surface area contributed by atoms with E-state index >= 15 is 0 Å². The molecule has 0 bridgehead atoms. The van der Waals surface area contributed by atoms with Gasteiger partial charge in [-0.3, -0.25) is 4.98 Å². The number of carbonyl (C=O) groups is 1. The number of nitrogens with zero attached hydrogens (tertiary/aromatic N) is 3. The Kier molecular flexibility index (Phi) is 6.08. The minimum Gasteiger partial charge on any atom is -0.367 e. The molecule has 8 nitrogen and oxygen atoms in total. The molecule has 0 spiro atoms. The number of hydrogen-bond acceptors (Lipinski definition) is 6. The first kappa shape index (κ1) is 18.1. The Bertz CT molecular complexity index is 874. The van der Waals surface area contributed by atoms with Crippen molar-refractivity contribution in [3.63, 3.8) is 0 Å². The van der Waals surface area contributed by atoms with Crippen LogP contribution in [-0.2, 0) is 0 Å². The maximum atomic E-state index is 13.5. The lowest BCUT2D eigenvalue weighted by molar-refractivity contribution is 0.252. The Balaban J connectivity index is 1.39. The van der Waals surface area contributed by atoms with E-state index in [0.29, 0.717) is 24.7 Å². The number of pyridine rings is 1. The second kappa shape index (κ2) is 9.09. The van der Waals surface area contributed by atoms with Crippen molar-refractivity contribution < 1.29 is 9.18 Å². The summed E-state index contributed by atoms with van der Waals surface area (Å²) >= 11 is 0. The quantitative estimate of drug-likeness (QED) is 0.479.